The standard InChI is InChI=1S/C16H24O4/c1-9(2)8-11-4-6-12(7-5-11)16-15(19)14(18)13(17)10(3)20-16/h4-7,9-10,13-19H,8H2,1-3H3. The Bertz CT molecular complexity index is 429. The highest BCUT2D eigenvalue weighted by Gasteiger charge is 2.42. The Labute approximate surface area is 120 Å². The first-order chi connectivity index (χ1) is 9.40. The number of hydrogen-bond donors (Lipinski definition) is 3. The van der Waals surface area contributed by atoms with E-state index >= 15 is 0 Å². The maximum absolute atomic E-state index is 10.1. The lowest BCUT2D eigenvalue weighted by Crippen LogP contribution is -2.53. The molecule has 0 saturated carbocycles. The fourth-order valence-electron chi connectivity index (χ4n) is 2.64. The zero-order valence-electron chi connectivity index (χ0n) is 12.2. The first-order valence-electron chi connectivity index (χ1n) is 7.18. The van der Waals surface area contributed by atoms with E-state index in [1.807, 2.05) is 24.3 Å². The van der Waals surface area contributed by atoms with Gasteiger partial charge in [0.25, 0.3) is 0 Å². The molecule has 3 N–H and O–H groups in total. The van der Waals surface area contributed by atoms with Crippen LogP contribution in [0.15, 0.2) is 24.3 Å². The Balaban J connectivity index is 2.14. The quantitative estimate of drug-likeness (QED) is 0.783. The third kappa shape index (κ3) is 3.20. The molecule has 112 valence electrons. The lowest BCUT2D eigenvalue weighted by atomic mass is 9.91. The predicted octanol–water partition coefficient (Wildman–Crippen LogP) is 1.43. The number of hydrogen-bond acceptors (Lipinski definition) is 4. The second-order valence-electron chi connectivity index (χ2n) is 6.07. The van der Waals surface area contributed by atoms with Gasteiger partial charge in [-0.05, 0) is 30.4 Å². The molecule has 20 heavy (non-hydrogen) atoms. The summed E-state index contributed by atoms with van der Waals surface area (Å²) in [5.74, 6) is 0.592. The Hall–Kier alpha value is -0.940. The summed E-state index contributed by atoms with van der Waals surface area (Å²) in [5.41, 5.74) is 2.06. The number of aliphatic hydroxyl groups is 3. The van der Waals surface area contributed by atoms with Gasteiger partial charge in [0.05, 0.1) is 6.10 Å². The molecule has 4 nitrogen and oxygen atoms in total. The van der Waals surface area contributed by atoms with Crippen molar-refractivity contribution >= 4 is 0 Å². The van der Waals surface area contributed by atoms with Gasteiger partial charge in [0.1, 0.15) is 24.4 Å². The van der Waals surface area contributed by atoms with Gasteiger partial charge in [-0.3, -0.25) is 0 Å². The topological polar surface area (TPSA) is 69.9 Å². The van der Waals surface area contributed by atoms with Crippen molar-refractivity contribution in [2.24, 2.45) is 5.92 Å². The van der Waals surface area contributed by atoms with E-state index in [2.05, 4.69) is 13.8 Å². The first kappa shape index (κ1) is 15.4. The van der Waals surface area contributed by atoms with Crippen LogP contribution in [-0.2, 0) is 11.2 Å². The van der Waals surface area contributed by atoms with E-state index in [0.717, 1.165) is 12.0 Å². The summed E-state index contributed by atoms with van der Waals surface area (Å²) < 4.78 is 5.63. The van der Waals surface area contributed by atoms with Crippen molar-refractivity contribution < 1.29 is 20.1 Å². The summed E-state index contributed by atoms with van der Waals surface area (Å²) in [6, 6.07) is 7.88. The third-order valence-electron chi connectivity index (χ3n) is 3.80. The number of benzene rings is 1. The summed E-state index contributed by atoms with van der Waals surface area (Å²) in [4.78, 5) is 0. The zero-order chi connectivity index (χ0) is 14.9. The molecule has 1 saturated heterocycles. The second kappa shape index (κ2) is 6.22. The zero-order valence-corrected chi connectivity index (χ0v) is 12.2. The van der Waals surface area contributed by atoms with E-state index in [0.29, 0.717) is 5.92 Å². The van der Waals surface area contributed by atoms with Gasteiger partial charge >= 0.3 is 0 Å². The second-order valence-corrected chi connectivity index (χ2v) is 6.07. The molecular weight excluding hydrogens is 256 g/mol. The van der Waals surface area contributed by atoms with Gasteiger partial charge < -0.3 is 20.1 Å². The molecule has 4 heteroatoms. The SMILES string of the molecule is CC(C)Cc1ccc(C2OC(C)C(O)C(O)C2O)cc1. The summed E-state index contributed by atoms with van der Waals surface area (Å²) in [7, 11) is 0. The maximum Gasteiger partial charge on any atom is 0.113 e. The van der Waals surface area contributed by atoms with Crippen LogP contribution >= 0.6 is 0 Å². The number of rotatable bonds is 3. The lowest BCUT2D eigenvalue weighted by molar-refractivity contribution is -0.219. The van der Waals surface area contributed by atoms with Gasteiger partial charge in [-0.25, -0.2) is 0 Å². The molecule has 1 aromatic carbocycles. The van der Waals surface area contributed by atoms with Crippen LogP contribution in [0.1, 0.15) is 38.0 Å². The van der Waals surface area contributed by atoms with Crippen molar-refractivity contribution in [3.8, 4) is 0 Å². The Morgan fingerprint density at radius 2 is 1.60 bits per heavy atom. The monoisotopic (exact) mass is 280 g/mol. The van der Waals surface area contributed by atoms with Gasteiger partial charge in [-0.15, -0.1) is 0 Å². The summed E-state index contributed by atoms with van der Waals surface area (Å²) >= 11 is 0. The number of aliphatic hydroxyl groups excluding tert-OH is 3. The molecule has 1 aliphatic heterocycles. The molecule has 1 heterocycles. The van der Waals surface area contributed by atoms with Gasteiger partial charge in [0.2, 0.25) is 0 Å². The van der Waals surface area contributed by atoms with Gasteiger partial charge in [0, 0.05) is 0 Å². The highest BCUT2D eigenvalue weighted by molar-refractivity contribution is 5.26. The maximum atomic E-state index is 10.1. The van der Waals surface area contributed by atoms with Crippen molar-refractivity contribution in [1.29, 1.82) is 0 Å². The molecule has 0 aromatic heterocycles. The molecule has 0 aliphatic carbocycles. The highest BCUT2D eigenvalue weighted by atomic mass is 16.5. The van der Waals surface area contributed by atoms with E-state index in [9.17, 15) is 15.3 Å². The highest BCUT2D eigenvalue weighted by Crippen LogP contribution is 2.32. The molecule has 5 atom stereocenters. The van der Waals surface area contributed by atoms with Crippen LogP contribution in [0.25, 0.3) is 0 Å². The fourth-order valence-corrected chi connectivity index (χ4v) is 2.64. The molecule has 0 spiro atoms. The minimum atomic E-state index is -1.18. The third-order valence-corrected chi connectivity index (χ3v) is 3.80. The number of ether oxygens (including phenoxy) is 1. The van der Waals surface area contributed by atoms with Crippen LogP contribution in [0.5, 0.6) is 0 Å². The predicted molar refractivity (Wildman–Crippen MR) is 76.3 cm³/mol. The van der Waals surface area contributed by atoms with Crippen molar-refractivity contribution in [1.82, 2.24) is 0 Å². The first-order valence-corrected chi connectivity index (χ1v) is 7.18. The fraction of sp³-hybridized carbons (Fsp3) is 0.625. The smallest absolute Gasteiger partial charge is 0.113 e. The largest absolute Gasteiger partial charge is 0.388 e. The van der Waals surface area contributed by atoms with Crippen LogP contribution in [0.3, 0.4) is 0 Å². The van der Waals surface area contributed by atoms with Gasteiger partial charge in [0.15, 0.2) is 0 Å². The summed E-state index contributed by atoms with van der Waals surface area (Å²) in [6.45, 7) is 6.03. The van der Waals surface area contributed by atoms with Gasteiger partial charge in [-0.1, -0.05) is 38.1 Å². The summed E-state index contributed by atoms with van der Waals surface area (Å²) in [5, 5.41) is 29.6. The van der Waals surface area contributed by atoms with E-state index in [1.165, 1.54) is 5.56 Å². The van der Waals surface area contributed by atoms with E-state index in [4.69, 9.17) is 4.74 Å². The lowest BCUT2D eigenvalue weighted by Gasteiger charge is -2.39. The minimum absolute atomic E-state index is 0.506. The Morgan fingerprint density at radius 1 is 1.00 bits per heavy atom. The van der Waals surface area contributed by atoms with E-state index < -0.39 is 30.5 Å². The molecule has 0 radical (unpaired) electrons. The minimum Gasteiger partial charge on any atom is -0.388 e. The summed E-state index contributed by atoms with van der Waals surface area (Å²) in [6.07, 6.45) is -3.45. The molecule has 1 fully saturated rings. The molecular formula is C16H24O4. The molecule has 0 amide bonds. The van der Waals surface area contributed by atoms with Crippen molar-refractivity contribution in [2.75, 3.05) is 0 Å². The van der Waals surface area contributed by atoms with Crippen LogP contribution in [0.2, 0.25) is 0 Å². The Morgan fingerprint density at radius 3 is 2.15 bits per heavy atom. The van der Waals surface area contributed by atoms with Crippen molar-refractivity contribution in [3.63, 3.8) is 0 Å². The van der Waals surface area contributed by atoms with Crippen LogP contribution in [0, 0.1) is 5.92 Å². The molecule has 1 aromatic rings. The normalized spacial score (nSPS) is 34.5. The van der Waals surface area contributed by atoms with Crippen LogP contribution in [-0.4, -0.2) is 39.7 Å². The van der Waals surface area contributed by atoms with E-state index in [1.54, 1.807) is 6.92 Å². The molecule has 2 rings (SSSR count). The molecule has 0 bridgehead atoms. The molecule has 1 aliphatic rings. The van der Waals surface area contributed by atoms with E-state index in [-0.39, 0.29) is 0 Å². The molecule has 5 unspecified atom stereocenters. The average molecular weight is 280 g/mol. The average Bonchev–Trinajstić information content (AvgIpc) is 2.41. The van der Waals surface area contributed by atoms with Gasteiger partial charge in [-0.2, -0.15) is 0 Å². The van der Waals surface area contributed by atoms with Crippen molar-refractivity contribution in [3.05, 3.63) is 35.4 Å². The van der Waals surface area contributed by atoms with Crippen LogP contribution < -0.4 is 0 Å². The van der Waals surface area contributed by atoms with Crippen LogP contribution in [0.4, 0.5) is 0 Å². The van der Waals surface area contributed by atoms with Crippen molar-refractivity contribution in [2.45, 2.75) is 57.7 Å². The Kier molecular flexibility index (Phi) is 4.81.